The van der Waals surface area contributed by atoms with E-state index in [1.165, 1.54) is 0 Å². The molecule has 4 atom stereocenters. The van der Waals surface area contributed by atoms with E-state index in [4.69, 9.17) is 4.98 Å². The number of allylic oxidation sites excluding steroid dienone is 1. The molecule has 5 rings (SSSR count). The maximum Gasteiger partial charge on any atom is 0.193 e. The third-order valence-electron chi connectivity index (χ3n) is 5.69. The molecule has 8 nitrogen and oxygen atoms in total. The number of nitrogens with one attached hydrogen (secondary N) is 5. The minimum atomic E-state index is -0.770. The number of rotatable bonds is 6. The Kier molecular flexibility index (Phi) is 4.13. The molecule has 0 amide bonds. The molecule has 1 aliphatic carbocycles. The Bertz CT molecular complexity index is 1100. The number of anilines is 1. The van der Waals surface area contributed by atoms with Crippen molar-refractivity contribution in [2.75, 3.05) is 12.4 Å². The van der Waals surface area contributed by atoms with Gasteiger partial charge in [-0.2, -0.15) is 5.10 Å². The summed E-state index contributed by atoms with van der Waals surface area (Å²) in [6.07, 6.45) is 5.28. The number of H-pyrrole nitrogens is 2. The molecular weight excluding hydrogens is 371 g/mol. The number of fused-ring (bicyclic) bond motifs is 1. The van der Waals surface area contributed by atoms with Gasteiger partial charge in [0, 0.05) is 35.8 Å². The molecule has 0 radical (unpaired) electrons. The van der Waals surface area contributed by atoms with E-state index in [0.717, 1.165) is 28.2 Å². The molecule has 1 unspecified atom stereocenters. The number of nitrogens with zero attached hydrogens (tertiary/aromatic N) is 3. The summed E-state index contributed by atoms with van der Waals surface area (Å²) in [6.45, 7) is 2.08. The van der Waals surface area contributed by atoms with E-state index < -0.39 is 12.0 Å². The number of hydrogen-bond donors (Lipinski definition) is 5. The van der Waals surface area contributed by atoms with Crippen molar-refractivity contribution in [1.29, 1.82) is 0 Å². The van der Waals surface area contributed by atoms with E-state index in [0.29, 0.717) is 12.2 Å². The molecule has 0 bridgehead atoms. The van der Waals surface area contributed by atoms with Gasteiger partial charge >= 0.3 is 0 Å². The van der Waals surface area contributed by atoms with Gasteiger partial charge in [0.25, 0.3) is 0 Å². The number of aliphatic imine (C=N–C) groups is 1. The highest BCUT2D eigenvalue weighted by Crippen LogP contribution is 2.43. The Morgan fingerprint density at radius 1 is 1.31 bits per heavy atom. The normalized spacial score (nSPS) is 26.8. The number of aromatic nitrogens is 4. The second kappa shape index (κ2) is 6.70. The Hall–Kier alpha value is -3.20. The SMILES string of the molecule is CNC1([C@H](C)c2ccc3[nH]ccc3n2)N=CC=C(Nc2cc([C@H]3C[C@@H]3F)[nH]n2)N1. The van der Waals surface area contributed by atoms with Crippen LogP contribution in [0.4, 0.5) is 10.2 Å². The molecule has 3 aromatic rings. The van der Waals surface area contributed by atoms with Crippen molar-refractivity contribution in [2.24, 2.45) is 4.99 Å². The van der Waals surface area contributed by atoms with Crippen LogP contribution in [0.25, 0.3) is 11.0 Å². The van der Waals surface area contributed by atoms with Crippen LogP contribution in [0.5, 0.6) is 0 Å². The molecule has 5 N–H and O–H groups in total. The molecule has 4 heterocycles. The Morgan fingerprint density at radius 3 is 2.97 bits per heavy atom. The maximum absolute atomic E-state index is 13.3. The van der Waals surface area contributed by atoms with E-state index in [-0.39, 0.29) is 11.8 Å². The standard InChI is InChI=1S/C20H23FN8/c1-11(14-3-4-15-16(25-14)5-7-23-15)20(22-2)24-8-6-18(27-20)26-19-10-17(28-29-19)12-9-13(12)21/h3-8,10-13,22-23,27H,9H2,1-2H3,(H2,26,28,29)/t11-,12+,13+,20?/m1/s1. The largest absolute Gasteiger partial charge is 0.360 e. The van der Waals surface area contributed by atoms with Crippen molar-refractivity contribution in [3.05, 3.63) is 53.7 Å². The summed E-state index contributed by atoms with van der Waals surface area (Å²) in [5.41, 5.74) is 3.66. The minimum absolute atomic E-state index is 0.0567. The van der Waals surface area contributed by atoms with Crippen LogP contribution >= 0.6 is 0 Å². The van der Waals surface area contributed by atoms with Crippen molar-refractivity contribution >= 4 is 23.1 Å². The van der Waals surface area contributed by atoms with Crippen LogP contribution in [-0.2, 0) is 0 Å². The lowest BCUT2D eigenvalue weighted by Crippen LogP contribution is -2.59. The lowest BCUT2D eigenvalue weighted by molar-refractivity contribution is 0.260. The highest BCUT2D eigenvalue weighted by molar-refractivity contribution is 5.76. The van der Waals surface area contributed by atoms with Gasteiger partial charge in [0.2, 0.25) is 0 Å². The lowest BCUT2D eigenvalue weighted by Gasteiger charge is -2.38. The smallest absolute Gasteiger partial charge is 0.193 e. The summed E-state index contributed by atoms with van der Waals surface area (Å²) < 4.78 is 13.3. The second-order valence-electron chi connectivity index (χ2n) is 7.56. The van der Waals surface area contributed by atoms with Crippen LogP contribution in [0.1, 0.15) is 36.6 Å². The lowest BCUT2D eigenvalue weighted by atomic mass is 9.97. The Morgan fingerprint density at radius 2 is 2.17 bits per heavy atom. The Balaban J connectivity index is 1.35. The first-order valence-electron chi connectivity index (χ1n) is 9.71. The average molecular weight is 394 g/mol. The van der Waals surface area contributed by atoms with Gasteiger partial charge in [0.1, 0.15) is 12.0 Å². The number of pyridine rings is 1. The first-order valence-corrected chi connectivity index (χ1v) is 9.71. The summed E-state index contributed by atoms with van der Waals surface area (Å²) in [5.74, 6) is 0.487. The summed E-state index contributed by atoms with van der Waals surface area (Å²) in [6, 6.07) is 7.85. The fourth-order valence-corrected chi connectivity index (χ4v) is 3.76. The highest BCUT2D eigenvalue weighted by Gasteiger charge is 2.40. The molecule has 2 aliphatic rings. The topological polar surface area (TPSA) is 106 Å². The number of hydrogen-bond acceptors (Lipinski definition) is 6. The van der Waals surface area contributed by atoms with Crippen LogP contribution in [0.3, 0.4) is 0 Å². The van der Waals surface area contributed by atoms with Gasteiger partial charge in [-0.1, -0.05) is 6.92 Å². The number of aromatic amines is 2. The van der Waals surface area contributed by atoms with Crippen molar-refractivity contribution in [3.63, 3.8) is 0 Å². The molecule has 1 fully saturated rings. The van der Waals surface area contributed by atoms with Gasteiger partial charge in [-0.3, -0.25) is 15.4 Å². The van der Waals surface area contributed by atoms with Gasteiger partial charge in [-0.15, -0.1) is 0 Å². The number of likely N-dealkylation sites (N-methyl/N-ethyl adjacent to an activating group) is 1. The first kappa shape index (κ1) is 17.9. The third kappa shape index (κ3) is 3.17. The Labute approximate surface area is 167 Å². The molecule has 0 spiro atoms. The fourth-order valence-electron chi connectivity index (χ4n) is 3.76. The molecule has 1 aliphatic heterocycles. The van der Waals surface area contributed by atoms with Crippen molar-refractivity contribution in [2.45, 2.75) is 37.1 Å². The van der Waals surface area contributed by atoms with Gasteiger partial charge in [-0.05, 0) is 37.7 Å². The first-order chi connectivity index (χ1) is 14.1. The zero-order valence-electron chi connectivity index (χ0n) is 16.2. The molecule has 1 saturated carbocycles. The third-order valence-corrected chi connectivity index (χ3v) is 5.69. The molecule has 3 aromatic heterocycles. The van der Waals surface area contributed by atoms with Crippen LogP contribution in [-0.4, -0.2) is 45.4 Å². The summed E-state index contributed by atoms with van der Waals surface area (Å²) in [4.78, 5) is 12.6. The monoisotopic (exact) mass is 394 g/mol. The average Bonchev–Trinajstić information content (AvgIpc) is 3.12. The van der Waals surface area contributed by atoms with Gasteiger partial charge in [0.15, 0.2) is 11.6 Å². The highest BCUT2D eigenvalue weighted by atomic mass is 19.1. The molecule has 29 heavy (non-hydrogen) atoms. The van der Waals surface area contributed by atoms with Crippen LogP contribution < -0.4 is 16.0 Å². The van der Waals surface area contributed by atoms with E-state index in [2.05, 4.69) is 43.0 Å². The predicted octanol–water partition coefficient (Wildman–Crippen LogP) is 2.72. The van der Waals surface area contributed by atoms with Crippen molar-refractivity contribution in [1.82, 2.24) is 30.8 Å². The van der Waals surface area contributed by atoms with Gasteiger partial charge in [-0.25, -0.2) is 9.38 Å². The minimum Gasteiger partial charge on any atom is -0.360 e. The maximum atomic E-state index is 13.3. The van der Waals surface area contributed by atoms with Gasteiger partial charge in [0.05, 0.1) is 17.0 Å². The molecular formula is C20H23FN8. The summed E-state index contributed by atoms with van der Waals surface area (Å²) >= 11 is 0. The van der Waals surface area contributed by atoms with Crippen molar-refractivity contribution in [3.8, 4) is 0 Å². The van der Waals surface area contributed by atoms with E-state index in [9.17, 15) is 4.39 Å². The fraction of sp³-hybridized carbons (Fsp3) is 0.350. The quantitative estimate of drug-likeness (QED) is 0.442. The molecule has 0 aromatic carbocycles. The van der Waals surface area contributed by atoms with Crippen molar-refractivity contribution < 1.29 is 4.39 Å². The summed E-state index contributed by atoms with van der Waals surface area (Å²) in [7, 11) is 1.86. The van der Waals surface area contributed by atoms with E-state index >= 15 is 0 Å². The van der Waals surface area contributed by atoms with Gasteiger partial charge < -0.3 is 15.6 Å². The van der Waals surface area contributed by atoms with Crippen LogP contribution in [0.2, 0.25) is 0 Å². The number of halogens is 1. The molecule has 9 heteroatoms. The predicted molar refractivity (Wildman–Crippen MR) is 110 cm³/mol. The summed E-state index contributed by atoms with van der Waals surface area (Å²) in [5, 5.41) is 17.1. The van der Waals surface area contributed by atoms with Crippen LogP contribution in [0, 0.1) is 0 Å². The number of alkyl halides is 1. The van der Waals surface area contributed by atoms with Crippen LogP contribution in [0.15, 0.2) is 47.4 Å². The second-order valence-corrected chi connectivity index (χ2v) is 7.56. The molecule has 150 valence electrons. The molecule has 0 saturated heterocycles. The zero-order chi connectivity index (χ0) is 20.0. The van der Waals surface area contributed by atoms with E-state index in [1.807, 2.05) is 43.6 Å². The van der Waals surface area contributed by atoms with E-state index in [1.54, 1.807) is 6.21 Å². The zero-order valence-corrected chi connectivity index (χ0v) is 16.2.